The van der Waals surface area contributed by atoms with E-state index in [0.717, 1.165) is 25.2 Å². The molecule has 86 valence electrons. The van der Waals surface area contributed by atoms with Crippen molar-refractivity contribution in [3.8, 4) is 0 Å². The Kier molecular flexibility index (Phi) is 3.91. The maximum Gasteiger partial charge on any atom is 0.250 e. The van der Waals surface area contributed by atoms with E-state index in [1.165, 1.54) is 0 Å². The zero-order chi connectivity index (χ0) is 11.2. The van der Waals surface area contributed by atoms with Crippen molar-refractivity contribution in [2.24, 2.45) is 0 Å². The first-order chi connectivity index (χ1) is 7.84. The molecule has 4 heteroatoms. The van der Waals surface area contributed by atoms with Crippen LogP contribution in [-0.2, 0) is 9.53 Å². The Labute approximate surface area is 95.0 Å². The summed E-state index contributed by atoms with van der Waals surface area (Å²) in [6, 6.07) is 9.40. The molecule has 0 aromatic heterocycles. The quantitative estimate of drug-likeness (QED) is 0.796. The Balaban J connectivity index is 1.72. The first-order valence-corrected chi connectivity index (χ1v) is 5.52. The van der Waals surface area contributed by atoms with E-state index in [2.05, 4.69) is 10.6 Å². The minimum absolute atomic E-state index is 0.0990. The predicted octanol–water partition coefficient (Wildman–Crippen LogP) is 1.00. The lowest BCUT2D eigenvalue weighted by Gasteiger charge is -2.10. The Morgan fingerprint density at radius 1 is 1.44 bits per heavy atom. The molecule has 0 spiro atoms. The van der Waals surface area contributed by atoms with E-state index in [4.69, 9.17) is 4.74 Å². The second-order valence-electron chi connectivity index (χ2n) is 3.84. The van der Waals surface area contributed by atoms with Gasteiger partial charge in [0.2, 0.25) is 5.91 Å². The molecule has 2 N–H and O–H groups in total. The lowest BCUT2D eigenvalue weighted by molar-refractivity contribution is -0.122. The minimum Gasteiger partial charge on any atom is -0.367 e. The SMILES string of the molecule is O=C(COC1CCNC1)Nc1ccccc1. The summed E-state index contributed by atoms with van der Waals surface area (Å²) < 4.78 is 5.46. The highest BCUT2D eigenvalue weighted by molar-refractivity contribution is 5.91. The molecule has 0 saturated carbocycles. The van der Waals surface area contributed by atoms with E-state index in [0.29, 0.717) is 0 Å². The van der Waals surface area contributed by atoms with Crippen LogP contribution < -0.4 is 10.6 Å². The molecule has 1 fully saturated rings. The summed E-state index contributed by atoms with van der Waals surface area (Å²) >= 11 is 0. The number of benzene rings is 1. The van der Waals surface area contributed by atoms with Crippen LogP contribution in [0.1, 0.15) is 6.42 Å². The fraction of sp³-hybridized carbons (Fsp3) is 0.417. The van der Waals surface area contributed by atoms with Gasteiger partial charge in [0.1, 0.15) is 6.61 Å². The van der Waals surface area contributed by atoms with E-state index in [1.54, 1.807) is 0 Å². The summed E-state index contributed by atoms with van der Waals surface area (Å²) in [5, 5.41) is 5.97. The van der Waals surface area contributed by atoms with Crippen LogP contribution in [0.5, 0.6) is 0 Å². The standard InChI is InChI=1S/C12H16N2O2/c15-12(9-16-11-6-7-13-8-11)14-10-4-2-1-3-5-10/h1-5,11,13H,6-9H2,(H,14,15). The van der Waals surface area contributed by atoms with Crippen LogP contribution in [0.3, 0.4) is 0 Å². The maximum absolute atomic E-state index is 11.5. The van der Waals surface area contributed by atoms with Gasteiger partial charge in [0.05, 0.1) is 6.10 Å². The molecule has 1 amide bonds. The molecule has 2 rings (SSSR count). The van der Waals surface area contributed by atoms with Gasteiger partial charge in [-0.05, 0) is 25.1 Å². The summed E-state index contributed by atoms with van der Waals surface area (Å²) in [7, 11) is 0. The molecule has 0 radical (unpaired) electrons. The molecule has 1 atom stereocenters. The second-order valence-corrected chi connectivity index (χ2v) is 3.84. The number of carbonyl (C=O) groups is 1. The van der Waals surface area contributed by atoms with Crippen molar-refractivity contribution in [2.45, 2.75) is 12.5 Å². The first-order valence-electron chi connectivity index (χ1n) is 5.52. The van der Waals surface area contributed by atoms with E-state index < -0.39 is 0 Å². The zero-order valence-electron chi connectivity index (χ0n) is 9.11. The predicted molar refractivity (Wildman–Crippen MR) is 62.3 cm³/mol. The van der Waals surface area contributed by atoms with Gasteiger partial charge in [-0.25, -0.2) is 0 Å². The molecular formula is C12H16N2O2. The van der Waals surface area contributed by atoms with Crippen LogP contribution >= 0.6 is 0 Å². The number of para-hydroxylation sites is 1. The largest absolute Gasteiger partial charge is 0.367 e. The normalized spacial score (nSPS) is 19.6. The highest BCUT2D eigenvalue weighted by atomic mass is 16.5. The summed E-state index contributed by atoms with van der Waals surface area (Å²) in [6.07, 6.45) is 1.17. The lowest BCUT2D eigenvalue weighted by Crippen LogP contribution is -2.24. The van der Waals surface area contributed by atoms with E-state index in [-0.39, 0.29) is 18.6 Å². The number of rotatable bonds is 4. The molecule has 16 heavy (non-hydrogen) atoms. The number of nitrogens with one attached hydrogen (secondary N) is 2. The first kappa shape index (κ1) is 11.1. The summed E-state index contributed by atoms with van der Waals surface area (Å²) in [5.74, 6) is -0.0990. The third kappa shape index (κ3) is 3.32. The smallest absolute Gasteiger partial charge is 0.250 e. The van der Waals surface area contributed by atoms with Gasteiger partial charge in [0, 0.05) is 12.2 Å². The van der Waals surface area contributed by atoms with Crippen molar-refractivity contribution in [3.05, 3.63) is 30.3 Å². The van der Waals surface area contributed by atoms with Gasteiger partial charge in [-0.1, -0.05) is 18.2 Å². The van der Waals surface area contributed by atoms with Gasteiger partial charge in [-0.3, -0.25) is 4.79 Å². The average molecular weight is 220 g/mol. The van der Waals surface area contributed by atoms with E-state index in [9.17, 15) is 4.79 Å². The van der Waals surface area contributed by atoms with E-state index in [1.807, 2.05) is 30.3 Å². The highest BCUT2D eigenvalue weighted by Gasteiger charge is 2.15. The van der Waals surface area contributed by atoms with Crippen molar-refractivity contribution in [1.29, 1.82) is 0 Å². The third-order valence-corrected chi connectivity index (χ3v) is 2.52. The van der Waals surface area contributed by atoms with Gasteiger partial charge in [-0.2, -0.15) is 0 Å². The molecule has 1 heterocycles. The molecular weight excluding hydrogens is 204 g/mol. The Bertz CT molecular complexity index is 334. The summed E-state index contributed by atoms with van der Waals surface area (Å²) in [4.78, 5) is 11.5. The average Bonchev–Trinajstić information content (AvgIpc) is 2.81. The number of hydrogen-bond donors (Lipinski definition) is 2. The van der Waals surface area contributed by atoms with Crippen molar-refractivity contribution < 1.29 is 9.53 Å². The van der Waals surface area contributed by atoms with Crippen molar-refractivity contribution in [1.82, 2.24) is 5.32 Å². The lowest BCUT2D eigenvalue weighted by atomic mass is 10.3. The highest BCUT2D eigenvalue weighted by Crippen LogP contribution is 2.06. The second kappa shape index (κ2) is 5.63. The fourth-order valence-electron chi connectivity index (χ4n) is 1.68. The van der Waals surface area contributed by atoms with Gasteiger partial charge in [0.15, 0.2) is 0 Å². The zero-order valence-corrected chi connectivity index (χ0v) is 9.11. The topological polar surface area (TPSA) is 50.4 Å². The number of carbonyl (C=O) groups excluding carboxylic acids is 1. The van der Waals surface area contributed by atoms with Crippen LogP contribution in [0.25, 0.3) is 0 Å². The summed E-state index contributed by atoms with van der Waals surface area (Å²) in [5.41, 5.74) is 0.806. The summed E-state index contributed by atoms with van der Waals surface area (Å²) in [6.45, 7) is 1.95. The molecule has 1 aliphatic rings. The monoisotopic (exact) mass is 220 g/mol. The van der Waals surface area contributed by atoms with Crippen molar-refractivity contribution in [2.75, 3.05) is 25.0 Å². The number of hydrogen-bond acceptors (Lipinski definition) is 3. The Morgan fingerprint density at radius 3 is 2.94 bits per heavy atom. The van der Waals surface area contributed by atoms with Gasteiger partial charge in [0.25, 0.3) is 0 Å². The number of ether oxygens (including phenoxy) is 1. The Morgan fingerprint density at radius 2 is 2.25 bits per heavy atom. The minimum atomic E-state index is -0.0990. The third-order valence-electron chi connectivity index (χ3n) is 2.52. The number of anilines is 1. The number of amides is 1. The van der Waals surface area contributed by atoms with E-state index >= 15 is 0 Å². The molecule has 1 aliphatic heterocycles. The molecule has 1 aromatic carbocycles. The van der Waals surface area contributed by atoms with Gasteiger partial charge >= 0.3 is 0 Å². The van der Waals surface area contributed by atoms with Crippen LogP contribution in [-0.4, -0.2) is 31.7 Å². The van der Waals surface area contributed by atoms with Crippen LogP contribution in [0.4, 0.5) is 5.69 Å². The molecule has 0 aliphatic carbocycles. The van der Waals surface area contributed by atoms with Crippen molar-refractivity contribution in [3.63, 3.8) is 0 Å². The molecule has 1 aromatic rings. The van der Waals surface area contributed by atoms with Gasteiger partial charge < -0.3 is 15.4 Å². The molecule has 1 saturated heterocycles. The van der Waals surface area contributed by atoms with Gasteiger partial charge in [-0.15, -0.1) is 0 Å². The molecule has 4 nitrogen and oxygen atoms in total. The fourth-order valence-corrected chi connectivity index (χ4v) is 1.68. The van der Waals surface area contributed by atoms with Crippen LogP contribution in [0.15, 0.2) is 30.3 Å². The Hall–Kier alpha value is -1.39. The molecule has 0 bridgehead atoms. The van der Waals surface area contributed by atoms with Crippen LogP contribution in [0, 0.1) is 0 Å². The molecule has 1 unspecified atom stereocenters. The van der Waals surface area contributed by atoms with Crippen molar-refractivity contribution >= 4 is 11.6 Å². The van der Waals surface area contributed by atoms with Crippen LogP contribution in [0.2, 0.25) is 0 Å². The maximum atomic E-state index is 11.5.